The van der Waals surface area contributed by atoms with E-state index in [0.29, 0.717) is 13.0 Å². The smallest absolute Gasteiger partial charge is 0.255 e. The molecule has 1 amide bonds. The van der Waals surface area contributed by atoms with Gasteiger partial charge in [-0.25, -0.2) is 0 Å². The zero-order valence-corrected chi connectivity index (χ0v) is 10.5. The molecule has 0 aliphatic rings. The standard InChI is InChI=1S/C12H12BrNO2/c1-2-3-4-7-14-12(16)10-8-9(13)5-6-11(10)15/h5-6,8,15H,4,7H2,1H3,(H,14,16). The van der Waals surface area contributed by atoms with Crippen molar-refractivity contribution in [1.29, 1.82) is 0 Å². The first kappa shape index (κ1) is 12.6. The molecule has 1 aromatic carbocycles. The summed E-state index contributed by atoms with van der Waals surface area (Å²) in [4.78, 5) is 11.6. The average Bonchev–Trinajstić information content (AvgIpc) is 2.27. The molecule has 0 spiro atoms. The summed E-state index contributed by atoms with van der Waals surface area (Å²) in [5.74, 6) is 5.27. The van der Waals surface area contributed by atoms with Crippen molar-refractivity contribution in [2.75, 3.05) is 6.54 Å². The predicted molar refractivity (Wildman–Crippen MR) is 66.2 cm³/mol. The molecule has 4 heteroatoms. The van der Waals surface area contributed by atoms with Crippen molar-refractivity contribution in [3.05, 3.63) is 28.2 Å². The summed E-state index contributed by atoms with van der Waals surface area (Å²) in [6, 6.07) is 4.73. The molecule has 0 aliphatic heterocycles. The van der Waals surface area contributed by atoms with E-state index in [0.717, 1.165) is 4.47 Å². The molecule has 0 saturated carbocycles. The number of carbonyl (C=O) groups excluding carboxylic acids is 1. The van der Waals surface area contributed by atoms with E-state index in [9.17, 15) is 9.90 Å². The number of phenolic OH excluding ortho intramolecular Hbond substituents is 1. The summed E-state index contributed by atoms with van der Waals surface area (Å²) >= 11 is 3.24. The number of halogens is 1. The molecule has 84 valence electrons. The quantitative estimate of drug-likeness (QED) is 0.660. The minimum atomic E-state index is -0.295. The maximum absolute atomic E-state index is 11.6. The van der Waals surface area contributed by atoms with Gasteiger partial charge in [0.15, 0.2) is 0 Å². The van der Waals surface area contributed by atoms with Crippen molar-refractivity contribution >= 4 is 21.8 Å². The molecular weight excluding hydrogens is 270 g/mol. The van der Waals surface area contributed by atoms with Crippen LogP contribution in [0.15, 0.2) is 22.7 Å². The summed E-state index contributed by atoms with van der Waals surface area (Å²) in [6.45, 7) is 2.23. The van der Waals surface area contributed by atoms with E-state index in [1.807, 2.05) is 0 Å². The number of nitrogens with one attached hydrogen (secondary N) is 1. The van der Waals surface area contributed by atoms with Crippen molar-refractivity contribution in [1.82, 2.24) is 5.32 Å². The lowest BCUT2D eigenvalue weighted by atomic mass is 10.2. The molecule has 0 fully saturated rings. The summed E-state index contributed by atoms with van der Waals surface area (Å²) < 4.78 is 0.754. The van der Waals surface area contributed by atoms with Gasteiger partial charge in [-0.15, -0.1) is 11.8 Å². The number of aromatic hydroxyl groups is 1. The van der Waals surface area contributed by atoms with Crippen LogP contribution in [0.1, 0.15) is 23.7 Å². The molecule has 0 unspecified atom stereocenters. The maximum atomic E-state index is 11.6. The van der Waals surface area contributed by atoms with Crippen LogP contribution in [0.4, 0.5) is 0 Å². The fourth-order valence-electron chi connectivity index (χ4n) is 1.15. The Morgan fingerprint density at radius 1 is 1.56 bits per heavy atom. The fraction of sp³-hybridized carbons (Fsp3) is 0.250. The highest BCUT2D eigenvalue weighted by Crippen LogP contribution is 2.21. The minimum absolute atomic E-state index is 0.0257. The van der Waals surface area contributed by atoms with E-state index in [1.54, 1.807) is 19.1 Å². The van der Waals surface area contributed by atoms with Gasteiger partial charge in [0.1, 0.15) is 5.75 Å². The van der Waals surface area contributed by atoms with Gasteiger partial charge in [0.25, 0.3) is 5.91 Å². The van der Waals surface area contributed by atoms with Crippen LogP contribution in [0.2, 0.25) is 0 Å². The molecule has 0 atom stereocenters. The van der Waals surface area contributed by atoms with Gasteiger partial charge >= 0.3 is 0 Å². The number of hydrogen-bond acceptors (Lipinski definition) is 2. The Morgan fingerprint density at radius 2 is 2.31 bits per heavy atom. The fourth-order valence-corrected chi connectivity index (χ4v) is 1.51. The van der Waals surface area contributed by atoms with Gasteiger partial charge in [0, 0.05) is 17.4 Å². The van der Waals surface area contributed by atoms with Crippen molar-refractivity contribution in [3.63, 3.8) is 0 Å². The highest BCUT2D eigenvalue weighted by atomic mass is 79.9. The molecule has 0 heterocycles. The normalized spacial score (nSPS) is 9.12. The van der Waals surface area contributed by atoms with Crippen molar-refractivity contribution in [2.24, 2.45) is 0 Å². The van der Waals surface area contributed by atoms with Gasteiger partial charge in [-0.1, -0.05) is 15.9 Å². The molecule has 0 bridgehead atoms. The Bertz CT molecular complexity index is 446. The number of rotatable bonds is 3. The SMILES string of the molecule is CC#CCCNC(=O)c1cc(Br)ccc1O. The number of benzene rings is 1. The van der Waals surface area contributed by atoms with E-state index in [2.05, 4.69) is 33.1 Å². The predicted octanol–water partition coefficient (Wildman–Crippen LogP) is 2.30. The van der Waals surface area contributed by atoms with Gasteiger partial charge in [0.2, 0.25) is 0 Å². The lowest BCUT2D eigenvalue weighted by molar-refractivity contribution is 0.0952. The topological polar surface area (TPSA) is 49.3 Å². The molecular formula is C12H12BrNO2. The average molecular weight is 282 g/mol. The lowest BCUT2D eigenvalue weighted by Gasteiger charge is -2.05. The summed E-state index contributed by atoms with van der Waals surface area (Å²) in [6.07, 6.45) is 0.608. The molecule has 16 heavy (non-hydrogen) atoms. The number of carbonyl (C=O) groups is 1. The highest BCUT2D eigenvalue weighted by molar-refractivity contribution is 9.10. The first-order valence-electron chi connectivity index (χ1n) is 4.81. The van der Waals surface area contributed by atoms with Gasteiger partial charge in [-0.2, -0.15) is 0 Å². The lowest BCUT2D eigenvalue weighted by Crippen LogP contribution is -2.24. The summed E-state index contributed by atoms with van der Waals surface area (Å²) in [5.41, 5.74) is 0.263. The Balaban J connectivity index is 2.64. The largest absolute Gasteiger partial charge is 0.507 e. The van der Waals surface area contributed by atoms with Crippen LogP contribution in [0.25, 0.3) is 0 Å². The third kappa shape index (κ3) is 3.59. The van der Waals surface area contributed by atoms with Crippen LogP contribution in [-0.4, -0.2) is 17.6 Å². The Kier molecular flexibility index (Phi) is 4.87. The van der Waals surface area contributed by atoms with E-state index in [1.165, 1.54) is 6.07 Å². The molecule has 0 aliphatic carbocycles. The number of phenols is 1. The molecule has 0 saturated heterocycles. The molecule has 1 aromatic rings. The summed E-state index contributed by atoms with van der Waals surface area (Å²) in [7, 11) is 0. The highest BCUT2D eigenvalue weighted by Gasteiger charge is 2.10. The molecule has 0 aromatic heterocycles. The first-order chi connectivity index (χ1) is 7.65. The third-order valence-electron chi connectivity index (χ3n) is 1.92. The molecule has 2 N–H and O–H groups in total. The van der Waals surface area contributed by atoms with Crippen molar-refractivity contribution in [2.45, 2.75) is 13.3 Å². The summed E-state index contributed by atoms with van der Waals surface area (Å²) in [5, 5.41) is 12.2. The third-order valence-corrected chi connectivity index (χ3v) is 2.41. The second-order valence-electron chi connectivity index (χ2n) is 3.09. The number of amides is 1. The van der Waals surface area contributed by atoms with Gasteiger partial charge < -0.3 is 10.4 Å². The van der Waals surface area contributed by atoms with Crippen LogP contribution >= 0.6 is 15.9 Å². The maximum Gasteiger partial charge on any atom is 0.255 e. The monoisotopic (exact) mass is 281 g/mol. The Labute approximate surface area is 103 Å². The van der Waals surface area contributed by atoms with Gasteiger partial charge in [0.05, 0.1) is 5.56 Å². The van der Waals surface area contributed by atoms with Crippen LogP contribution in [0.3, 0.4) is 0 Å². The second-order valence-corrected chi connectivity index (χ2v) is 4.01. The van der Waals surface area contributed by atoms with Crippen molar-refractivity contribution < 1.29 is 9.90 Å². The Hall–Kier alpha value is -1.47. The zero-order valence-electron chi connectivity index (χ0n) is 8.88. The van der Waals surface area contributed by atoms with E-state index >= 15 is 0 Å². The van der Waals surface area contributed by atoms with Gasteiger partial charge in [-0.3, -0.25) is 4.79 Å². The van der Waals surface area contributed by atoms with Crippen LogP contribution in [0, 0.1) is 11.8 Å². The van der Waals surface area contributed by atoms with Crippen LogP contribution in [0.5, 0.6) is 5.75 Å². The van der Waals surface area contributed by atoms with E-state index in [-0.39, 0.29) is 17.2 Å². The zero-order chi connectivity index (χ0) is 12.0. The second kappa shape index (κ2) is 6.19. The first-order valence-corrected chi connectivity index (χ1v) is 5.60. The molecule has 1 rings (SSSR count). The Morgan fingerprint density at radius 3 is 3.00 bits per heavy atom. The van der Waals surface area contributed by atoms with E-state index < -0.39 is 0 Å². The van der Waals surface area contributed by atoms with Gasteiger partial charge in [-0.05, 0) is 25.1 Å². The van der Waals surface area contributed by atoms with Crippen LogP contribution < -0.4 is 5.32 Å². The number of hydrogen-bond donors (Lipinski definition) is 2. The molecule has 0 radical (unpaired) electrons. The van der Waals surface area contributed by atoms with Crippen molar-refractivity contribution in [3.8, 4) is 17.6 Å². The molecule has 3 nitrogen and oxygen atoms in total. The van der Waals surface area contributed by atoms with E-state index in [4.69, 9.17) is 0 Å². The van der Waals surface area contributed by atoms with Crippen LogP contribution in [-0.2, 0) is 0 Å². The minimum Gasteiger partial charge on any atom is -0.507 e.